The van der Waals surface area contributed by atoms with Crippen LogP contribution in [-0.4, -0.2) is 35.6 Å². The number of nitrogens with zero attached hydrogens (tertiary/aromatic N) is 1. The number of likely N-dealkylation sites (tertiary alicyclic amines) is 1. The van der Waals surface area contributed by atoms with E-state index in [1.54, 1.807) is 11.8 Å². The number of piperidine rings is 1. The maximum Gasteiger partial charge on any atom is 0.255 e. The van der Waals surface area contributed by atoms with Crippen LogP contribution in [0, 0.1) is 18.7 Å². The van der Waals surface area contributed by atoms with Crippen LogP contribution >= 0.6 is 11.6 Å². The van der Waals surface area contributed by atoms with Crippen LogP contribution in [0.4, 0.5) is 4.39 Å². The Morgan fingerprint density at radius 3 is 2.68 bits per heavy atom. The summed E-state index contributed by atoms with van der Waals surface area (Å²) < 4.78 is 13.5. The lowest BCUT2D eigenvalue weighted by atomic mass is 9.97. The van der Waals surface area contributed by atoms with Gasteiger partial charge in [0, 0.05) is 19.7 Å². The van der Waals surface area contributed by atoms with Crippen LogP contribution in [0.25, 0.3) is 0 Å². The van der Waals surface area contributed by atoms with E-state index in [-0.39, 0.29) is 29.0 Å². The highest BCUT2D eigenvalue weighted by atomic mass is 35.5. The van der Waals surface area contributed by atoms with Crippen molar-refractivity contribution in [3.8, 4) is 0 Å². The Morgan fingerprint density at radius 1 is 1.47 bits per heavy atom. The zero-order chi connectivity index (χ0) is 14.0. The molecule has 1 aromatic rings. The van der Waals surface area contributed by atoms with E-state index >= 15 is 0 Å². The van der Waals surface area contributed by atoms with Gasteiger partial charge >= 0.3 is 0 Å². The number of hydrogen-bond acceptors (Lipinski definition) is 2. The fourth-order valence-corrected chi connectivity index (χ4v) is 2.60. The second-order valence-corrected chi connectivity index (χ2v) is 5.41. The fourth-order valence-electron chi connectivity index (χ4n) is 2.30. The smallest absolute Gasteiger partial charge is 0.255 e. The number of carbonyl (C=O) groups is 1. The molecule has 1 aromatic carbocycles. The Morgan fingerprint density at radius 2 is 2.11 bits per heavy atom. The quantitative estimate of drug-likeness (QED) is 0.907. The summed E-state index contributed by atoms with van der Waals surface area (Å²) in [6.07, 6.45) is 1.54. The summed E-state index contributed by atoms with van der Waals surface area (Å²) in [4.78, 5) is 14.0. The SMILES string of the molecule is Cc1cc(Cl)c(C(=O)N2CCC(CO)CC2)cc1F. The molecule has 0 bridgehead atoms. The molecular formula is C14H17ClFNO2. The first-order valence-corrected chi connectivity index (χ1v) is 6.76. The summed E-state index contributed by atoms with van der Waals surface area (Å²) in [6.45, 7) is 2.93. The minimum atomic E-state index is -0.419. The van der Waals surface area contributed by atoms with Crippen molar-refractivity contribution in [2.24, 2.45) is 5.92 Å². The molecule has 5 heteroatoms. The predicted molar refractivity (Wildman–Crippen MR) is 71.9 cm³/mol. The molecule has 1 fully saturated rings. The van der Waals surface area contributed by atoms with Crippen LogP contribution in [0.3, 0.4) is 0 Å². The van der Waals surface area contributed by atoms with E-state index in [1.165, 1.54) is 12.1 Å². The van der Waals surface area contributed by atoms with Crippen molar-refractivity contribution < 1.29 is 14.3 Å². The second-order valence-electron chi connectivity index (χ2n) is 5.00. The van der Waals surface area contributed by atoms with Crippen molar-refractivity contribution in [3.05, 3.63) is 34.1 Å². The molecule has 0 aromatic heterocycles. The third-order valence-corrected chi connectivity index (χ3v) is 3.95. The molecule has 19 heavy (non-hydrogen) atoms. The molecule has 1 N–H and O–H groups in total. The maximum atomic E-state index is 13.5. The second kappa shape index (κ2) is 5.88. The molecule has 104 valence electrons. The van der Waals surface area contributed by atoms with Crippen molar-refractivity contribution in [1.29, 1.82) is 0 Å². The molecule has 1 amide bonds. The molecule has 0 atom stereocenters. The van der Waals surface area contributed by atoms with Gasteiger partial charge in [-0.05, 0) is 43.4 Å². The zero-order valence-electron chi connectivity index (χ0n) is 10.8. The Balaban J connectivity index is 2.14. The van der Waals surface area contributed by atoms with Gasteiger partial charge in [0.15, 0.2) is 0 Å². The lowest BCUT2D eigenvalue weighted by Crippen LogP contribution is -2.39. The summed E-state index contributed by atoms with van der Waals surface area (Å²) in [6, 6.07) is 2.68. The number of carbonyl (C=O) groups excluding carboxylic acids is 1. The Bertz CT molecular complexity index is 485. The Kier molecular flexibility index (Phi) is 4.42. The molecule has 1 aliphatic rings. The van der Waals surface area contributed by atoms with E-state index in [1.807, 2.05) is 0 Å². The number of halogens is 2. The number of benzene rings is 1. The molecule has 1 heterocycles. The van der Waals surface area contributed by atoms with Crippen LogP contribution in [0.2, 0.25) is 5.02 Å². The Labute approximate surface area is 117 Å². The summed E-state index contributed by atoms with van der Waals surface area (Å²) in [7, 11) is 0. The average Bonchev–Trinajstić information content (AvgIpc) is 2.42. The van der Waals surface area contributed by atoms with E-state index in [9.17, 15) is 9.18 Å². The predicted octanol–water partition coefficient (Wildman–Crippen LogP) is 2.63. The van der Waals surface area contributed by atoms with Crippen molar-refractivity contribution in [1.82, 2.24) is 4.90 Å². The molecule has 0 unspecified atom stereocenters. The van der Waals surface area contributed by atoms with Crippen LogP contribution in [0.5, 0.6) is 0 Å². The van der Waals surface area contributed by atoms with Crippen molar-refractivity contribution >= 4 is 17.5 Å². The minimum Gasteiger partial charge on any atom is -0.396 e. The van der Waals surface area contributed by atoms with Gasteiger partial charge in [0.1, 0.15) is 5.82 Å². The molecule has 0 radical (unpaired) electrons. The average molecular weight is 286 g/mol. The van der Waals surface area contributed by atoms with Gasteiger partial charge in [-0.25, -0.2) is 4.39 Å². The van der Waals surface area contributed by atoms with E-state index in [0.29, 0.717) is 18.7 Å². The van der Waals surface area contributed by atoms with Gasteiger partial charge in [-0.3, -0.25) is 4.79 Å². The van der Waals surface area contributed by atoms with Gasteiger partial charge in [-0.1, -0.05) is 11.6 Å². The van der Waals surface area contributed by atoms with E-state index in [2.05, 4.69) is 0 Å². The fraction of sp³-hybridized carbons (Fsp3) is 0.500. The number of rotatable bonds is 2. The number of aryl methyl sites for hydroxylation is 1. The monoisotopic (exact) mass is 285 g/mol. The number of amides is 1. The van der Waals surface area contributed by atoms with Crippen LogP contribution < -0.4 is 0 Å². The Hall–Kier alpha value is -1.13. The van der Waals surface area contributed by atoms with Crippen molar-refractivity contribution in [2.45, 2.75) is 19.8 Å². The minimum absolute atomic E-state index is 0.155. The van der Waals surface area contributed by atoms with Gasteiger partial charge in [0.25, 0.3) is 5.91 Å². The molecule has 0 aliphatic carbocycles. The maximum absolute atomic E-state index is 13.5. The largest absolute Gasteiger partial charge is 0.396 e. The topological polar surface area (TPSA) is 40.5 Å². The number of hydrogen-bond donors (Lipinski definition) is 1. The normalized spacial score (nSPS) is 16.7. The lowest BCUT2D eigenvalue weighted by Gasteiger charge is -2.31. The van der Waals surface area contributed by atoms with Gasteiger partial charge in [0.05, 0.1) is 10.6 Å². The summed E-state index contributed by atoms with van der Waals surface area (Å²) in [5.74, 6) is -0.396. The molecular weight excluding hydrogens is 269 g/mol. The summed E-state index contributed by atoms with van der Waals surface area (Å²) in [5.41, 5.74) is 0.646. The molecule has 2 rings (SSSR count). The van der Waals surface area contributed by atoms with Gasteiger partial charge in [-0.2, -0.15) is 0 Å². The first-order chi connectivity index (χ1) is 9.02. The highest BCUT2D eigenvalue weighted by molar-refractivity contribution is 6.33. The van der Waals surface area contributed by atoms with Crippen molar-refractivity contribution in [2.75, 3.05) is 19.7 Å². The molecule has 3 nitrogen and oxygen atoms in total. The number of aliphatic hydroxyl groups excluding tert-OH is 1. The van der Waals surface area contributed by atoms with E-state index in [0.717, 1.165) is 12.8 Å². The van der Waals surface area contributed by atoms with Crippen LogP contribution in [0.1, 0.15) is 28.8 Å². The van der Waals surface area contributed by atoms with Crippen molar-refractivity contribution in [3.63, 3.8) is 0 Å². The van der Waals surface area contributed by atoms with Gasteiger partial charge in [-0.15, -0.1) is 0 Å². The lowest BCUT2D eigenvalue weighted by molar-refractivity contribution is 0.0650. The molecule has 1 aliphatic heterocycles. The highest BCUT2D eigenvalue weighted by Crippen LogP contribution is 2.24. The zero-order valence-corrected chi connectivity index (χ0v) is 11.6. The van der Waals surface area contributed by atoms with Crippen LogP contribution in [-0.2, 0) is 0 Å². The van der Waals surface area contributed by atoms with Gasteiger partial charge in [0.2, 0.25) is 0 Å². The first-order valence-electron chi connectivity index (χ1n) is 6.38. The highest BCUT2D eigenvalue weighted by Gasteiger charge is 2.25. The van der Waals surface area contributed by atoms with E-state index < -0.39 is 5.82 Å². The molecule has 0 saturated carbocycles. The van der Waals surface area contributed by atoms with E-state index in [4.69, 9.17) is 16.7 Å². The standard InChI is InChI=1S/C14H17ClFNO2/c1-9-6-12(15)11(7-13(9)16)14(19)17-4-2-10(8-18)3-5-17/h6-7,10,18H,2-5,8H2,1H3. The third-order valence-electron chi connectivity index (χ3n) is 3.64. The third kappa shape index (κ3) is 3.07. The summed E-state index contributed by atoms with van der Waals surface area (Å²) in [5, 5.41) is 9.36. The van der Waals surface area contributed by atoms with Gasteiger partial charge < -0.3 is 10.0 Å². The molecule has 0 spiro atoms. The molecule has 1 saturated heterocycles. The summed E-state index contributed by atoms with van der Waals surface area (Å²) >= 11 is 6.02. The first kappa shape index (κ1) is 14.3. The van der Waals surface area contributed by atoms with Crippen LogP contribution in [0.15, 0.2) is 12.1 Å². The number of aliphatic hydroxyl groups is 1.